The lowest BCUT2D eigenvalue weighted by Crippen LogP contribution is -2.59. The molecule has 1 fully saturated rings. The molecule has 0 aliphatic carbocycles. The van der Waals surface area contributed by atoms with E-state index in [-0.39, 0.29) is 26.1 Å². The van der Waals surface area contributed by atoms with Crippen LogP contribution < -0.4 is 0 Å². The number of hydrogen-bond acceptors (Lipinski definition) is 10. The quantitative estimate of drug-likeness (QED) is 0.0284. The Morgan fingerprint density at radius 3 is 1.64 bits per heavy atom. The second-order valence-electron chi connectivity index (χ2n) is 14.4. The first-order chi connectivity index (χ1) is 26.8. The van der Waals surface area contributed by atoms with Crippen molar-refractivity contribution >= 4 is 11.9 Å². The van der Waals surface area contributed by atoms with E-state index in [9.17, 15) is 30.0 Å². The van der Waals surface area contributed by atoms with Gasteiger partial charge in [0.1, 0.15) is 31.0 Å². The van der Waals surface area contributed by atoms with Gasteiger partial charge in [-0.2, -0.15) is 0 Å². The Morgan fingerprint density at radius 2 is 1.07 bits per heavy atom. The fourth-order valence-electron chi connectivity index (χ4n) is 6.00. The lowest BCUT2D eigenvalue weighted by molar-refractivity contribution is -0.305. The van der Waals surface area contributed by atoms with Gasteiger partial charge in [0, 0.05) is 12.8 Å². The minimum Gasteiger partial charge on any atom is -0.462 e. The van der Waals surface area contributed by atoms with Crippen molar-refractivity contribution in [2.24, 2.45) is 0 Å². The summed E-state index contributed by atoms with van der Waals surface area (Å²) in [6.45, 7) is 3.23. The van der Waals surface area contributed by atoms with Crippen LogP contribution in [0.15, 0.2) is 60.8 Å². The minimum atomic E-state index is -1.61. The van der Waals surface area contributed by atoms with Crippen LogP contribution in [0, 0.1) is 0 Å². The maximum atomic E-state index is 12.7. The van der Waals surface area contributed by atoms with Gasteiger partial charge in [-0.1, -0.05) is 126 Å². The zero-order valence-corrected chi connectivity index (χ0v) is 34.2. The van der Waals surface area contributed by atoms with Gasteiger partial charge in [0.05, 0.1) is 13.2 Å². The van der Waals surface area contributed by atoms with Crippen molar-refractivity contribution in [1.29, 1.82) is 0 Å². The Kier molecular flexibility index (Phi) is 32.8. The number of allylic oxidation sites excluding steroid dienone is 10. The van der Waals surface area contributed by atoms with E-state index in [1.54, 1.807) is 0 Å². The number of aliphatic hydroxyl groups is 4. The fourth-order valence-corrected chi connectivity index (χ4v) is 6.00. The molecule has 0 aromatic rings. The van der Waals surface area contributed by atoms with Crippen LogP contribution in [-0.4, -0.2) is 89.0 Å². The second kappa shape index (κ2) is 35.8. The summed E-state index contributed by atoms with van der Waals surface area (Å²) in [5.74, 6) is -0.886. The summed E-state index contributed by atoms with van der Waals surface area (Å²) in [6, 6.07) is 0. The number of esters is 2. The maximum absolute atomic E-state index is 12.7. The molecule has 0 saturated carbocycles. The van der Waals surface area contributed by atoms with E-state index >= 15 is 0 Å². The molecule has 0 aromatic heterocycles. The van der Waals surface area contributed by atoms with Crippen molar-refractivity contribution in [2.45, 2.75) is 192 Å². The first kappa shape index (κ1) is 50.4. The molecule has 316 valence electrons. The Bertz CT molecular complexity index is 1080. The summed E-state index contributed by atoms with van der Waals surface area (Å²) in [4.78, 5) is 25.2. The molecular weight excluding hydrogens is 700 g/mol. The molecule has 1 aliphatic heterocycles. The van der Waals surface area contributed by atoms with Crippen LogP contribution >= 0.6 is 0 Å². The number of carbonyl (C=O) groups is 2. The fraction of sp³-hybridized carbons (Fsp3) is 0.733. The van der Waals surface area contributed by atoms with Gasteiger partial charge in [-0.25, -0.2) is 0 Å². The molecule has 0 spiro atoms. The Morgan fingerprint density at radius 1 is 0.582 bits per heavy atom. The number of unbranched alkanes of at least 4 members (excludes halogenated alkanes) is 13. The van der Waals surface area contributed by atoms with Crippen LogP contribution in [0.5, 0.6) is 0 Å². The number of rotatable bonds is 34. The average molecular weight is 777 g/mol. The van der Waals surface area contributed by atoms with E-state index in [0.717, 1.165) is 57.8 Å². The van der Waals surface area contributed by atoms with Crippen LogP contribution in [0.25, 0.3) is 0 Å². The third-order valence-corrected chi connectivity index (χ3v) is 9.39. The van der Waals surface area contributed by atoms with Gasteiger partial charge in [0.25, 0.3) is 0 Å². The van der Waals surface area contributed by atoms with Crippen molar-refractivity contribution in [3.05, 3.63) is 60.8 Å². The van der Waals surface area contributed by atoms with Crippen LogP contribution in [-0.2, 0) is 28.5 Å². The summed E-state index contributed by atoms with van der Waals surface area (Å²) >= 11 is 0. The van der Waals surface area contributed by atoms with Crippen LogP contribution in [0.3, 0.4) is 0 Å². The molecule has 4 N–H and O–H groups in total. The zero-order chi connectivity index (χ0) is 40.2. The predicted molar refractivity (Wildman–Crippen MR) is 219 cm³/mol. The second-order valence-corrected chi connectivity index (χ2v) is 14.4. The first-order valence-electron chi connectivity index (χ1n) is 21.4. The molecule has 0 aromatic carbocycles. The number of aliphatic hydroxyl groups excluding tert-OH is 4. The van der Waals surface area contributed by atoms with Gasteiger partial charge in [-0.15, -0.1) is 0 Å². The minimum absolute atomic E-state index is 0.188. The summed E-state index contributed by atoms with van der Waals surface area (Å²) < 4.78 is 22.0. The Balaban J connectivity index is 2.41. The van der Waals surface area contributed by atoms with Gasteiger partial charge >= 0.3 is 11.9 Å². The molecular formula is C45H76O10. The maximum Gasteiger partial charge on any atom is 0.306 e. The molecule has 1 heterocycles. The normalized spacial score (nSPS) is 21.2. The summed E-state index contributed by atoms with van der Waals surface area (Å²) in [6.07, 6.45) is 35.2. The van der Waals surface area contributed by atoms with E-state index in [4.69, 9.17) is 18.9 Å². The lowest BCUT2D eigenvalue weighted by atomic mass is 9.99. The predicted octanol–water partition coefficient (Wildman–Crippen LogP) is 8.66. The first-order valence-corrected chi connectivity index (χ1v) is 21.4. The third kappa shape index (κ3) is 27.6. The molecule has 0 amide bonds. The largest absolute Gasteiger partial charge is 0.462 e. The highest BCUT2D eigenvalue weighted by molar-refractivity contribution is 5.70. The molecule has 6 atom stereocenters. The monoisotopic (exact) mass is 777 g/mol. The van der Waals surface area contributed by atoms with Gasteiger partial charge in [-0.3, -0.25) is 9.59 Å². The van der Waals surface area contributed by atoms with E-state index in [0.29, 0.717) is 12.8 Å². The van der Waals surface area contributed by atoms with Crippen molar-refractivity contribution in [3.8, 4) is 0 Å². The van der Waals surface area contributed by atoms with Crippen molar-refractivity contribution in [2.75, 3.05) is 19.8 Å². The molecule has 1 aliphatic rings. The van der Waals surface area contributed by atoms with Gasteiger partial charge in [-0.05, 0) is 77.0 Å². The number of ether oxygens (including phenoxy) is 4. The van der Waals surface area contributed by atoms with E-state index < -0.39 is 55.4 Å². The van der Waals surface area contributed by atoms with E-state index in [1.165, 1.54) is 57.8 Å². The molecule has 1 rings (SSSR count). The highest BCUT2D eigenvalue weighted by Crippen LogP contribution is 2.22. The van der Waals surface area contributed by atoms with Gasteiger partial charge < -0.3 is 39.4 Å². The zero-order valence-electron chi connectivity index (χ0n) is 34.2. The highest BCUT2D eigenvalue weighted by Gasteiger charge is 2.44. The average Bonchev–Trinajstić information content (AvgIpc) is 3.18. The summed E-state index contributed by atoms with van der Waals surface area (Å²) in [7, 11) is 0. The molecule has 0 bridgehead atoms. The molecule has 10 heteroatoms. The van der Waals surface area contributed by atoms with E-state index in [2.05, 4.69) is 74.6 Å². The highest BCUT2D eigenvalue weighted by atomic mass is 16.7. The topological polar surface area (TPSA) is 152 Å². The number of hydrogen-bond donors (Lipinski definition) is 4. The summed E-state index contributed by atoms with van der Waals surface area (Å²) in [5, 5.41) is 40.0. The molecule has 55 heavy (non-hydrogen) atoms. The molecule has 10 nitrogen and oxygen atoms in total. The van der Waals surface area contributed by atoms with Crippen LogP contribution in [0.2, 0.25) is 0 Å². The molecule has 0 radical (unpaired) electrons. The number of carbonyl (C=O) groups excluding carboxylic acids is 2. The van der Waals surface area contributed by atoms with Crippen LogP contribution in [0.1, 0.15) is 155 Å². The van der Waals surface area contributed by atoms with Gasteiger partial charge in [0.15, 0.2) is 12.4 Å². The Labute approximate surface area is 332 Å². The van der Waals surface area contributed by atoms with E-state index in [1.807, 2.05) is 0 Å². The van der Waals surface area contributed by atoms with Gasteiger partial charge in [0.2, 0.25) is 0 Å². The van der Waals surface area contributed by atoms with Crippen LogP contribution in [0.4, 0.5) is 0 Å². The Hall–Kier alpha value is -2.60. The molecule has 1 saturated heterocycles. The SMILES string of the molecule is CC/C=C/C/C=C/C/C=C/C/C=C/CCCCC(=O)OC[C@@H](CO[C@H]1O[C@@H](CO)[C@@H](O)C(O)C1O)OC(=O)CCCC/C=C/CCCCCCCCCCC. The summed E-state index contributed by atoms with van der Waals surface area (Å²) in [5.41, 5.74) is 0. The van der Waals surface area contributed by atoms with Crippen molar-refractivity contribution in [1.82, 2.24) is 0 Å². The smallest absolute Gasteiger partial charge is 0.306 e. The van der Waals surface area contributed by atoms with Crippen molar-refractivity contribution in [3.63, 3.8) is 0 Å². The van der Waals surface area contributed by atoms with Crippen molar-refractivity contribution < 1.29 is 49.0 Å². The standard InChI is InChI=1S/C45H76O10/c1-3-5-7-9-11-13-15-17-19-21-23-25-27-29-31-33-40(47)52-36-38(37-53-45-44(51)43(50)42(49)39(35-46)55-45)54-41(48)34-32-30-28-26-24-22-20-18-16-14-12-10-8-6-4-2/h5,7,11,13,17,19,23-26,38-39,42-46,49-51H,3-4,6,8-10,12,14-16,18,20-22,27-37H2,1-2H3/b7-5+,13-11+,19-17+,25-23+,26-24+/t38-,39-,42+,43?,44?,45-/m0/s1. The third-order valence-electron chi connectivity index (χ3n) is 9.39. The molecule has 2 unspecified atom stereocenters. The lowest BCUT2D eigenvalue weighted by Gasteiger charge is -2.39.